The topological polar surface area (TPSA) is 474 Å². The van der Waals surface area contributed by atoms with Crippen LogP contribution in [0.5, 0.6) is 0 Å². The second kappa shape index (κ2) is 51.2. The first-order chi connectivity index (χ1) is 69.5. The van der Waals surface area contributed by atoms with E-state index in [2.05, 4.69) is 129 Å². The third kappa shape index (κ3) is 31.2. The van der Waals surface area contributed by atoms with Crippen molar-refractivity contribution < 1.29 is 70.9 Å². The molecule has 0 bridgehead atoms. The van der Waals surface area contributed by atoms with Crippen LogP contribution in [0.3, 0.4) is 0 Å². The summed E-state index contributed by atoms with van der Waals surface area (Å²) in [7, 11) is -16.4. The van der Waals surface area contributed by atoms with Gasteiger partial charge in [-0.2, -0.15) is 5.10 Å². The van der Waals surface area contributed by atoms with Crippen molar-refractivity contribution in [2.45, 2.75) is 279 Å². The molecule has 2 aliphatic heterocycles. The Morgan fingerprint density at radius 1 is 0.356 bits per heavy atom. The summed E-state index contributed by atoms with van der Waals surface area (Å²) >= 11 is 1.30. The van der Waals surface area contributed by atoms with Crippen molar-refractivity contribution in [2.75, 3.05) is 49.5 Å². The largest absolute Gasteiger partial charge is 0.368 e. The van der Waals surface area contributed by atoms with Crippen LogP contribution in [0.4, 0.5) is 45.5 Å². The zero-order valence-corrected chi connectivity index (χ0v) is 89.6. The summed E-state index contributed by atoms with van der Waals surface area (Å²) in [6.07, 6.45) is 22.0. The molecule has 7 aliphatic rings. The van der Waals surface area contributed by atoms with Crippen LogP contribution < -0.4 is 65.7 Å². The number of carbonyl (C=O) groups excluding carboxylic acids is 6. The lowest BCUT2D eigenvalue weighted by Crippen LogP contribution is -2.42. The van der Waals surface area contributed by atoms with Crippen LogP contribution in [0, 0.1) is 29.6 Å². The van der Waals surface area contributed by atoms with Crippen molar-refractivity contribution >= 4 is 153 Å². The minimum absolute atomic E-state index is 0.00401. The molecule has 5 aliphatic carbocycles. The molecule has 3 aromatic heterocycles. The highest BCUT2D eigenvalue weighted by molar-refractivity contribution is 7.91. The fourth-order valence-corrected chi connectivity index (χ4v) is 24.3. The first-order valence-electron chi connectivity index (χ1n) is 50.9. The number of nitrogens with one attached hydrogen (secondary N) is 10. The zero-order chi connectivity index (χ0) is 105. The van der Waals surface area contributed by atoms with Crippen molar-refractivity contribution in [1.29, 1.82) is 0 Å². The molecule has 0 radical (unpaired) electrons. The van der Waals surface area contributed by atoms with Crippen molar-refractivity contribution in [3.63, 3.8) is 0 Å². The Labute approximate surface area is 864 Å². The number of sulfonamides is 5. The Morgan fingerprint density at radius 2 is 0.692 bits per heavy atom. The van der Waals surface area contributed by atoms with Crippen molar-refractivity contribution in [3.8, 4) is 22.6 Å². The predicted octanol–water partition coefficient (Wildman–Crippen LogP) is 16.4. The minimum atomic E-state index is -3.29. The number of aromatic nitrogens is 5. The summed E-state index contributed by atoms with van der Waals surface area (Å²) in [5, 5.41) is 24.0. The lowest BCUT2D eigenvalue weighted by molar-refractivity contribution is -0.121. The zero-order valence-electron chi connectivity index (χ0n) is 84.7. The van der Waals surface area contributed by atoms with Crippen LogP contribution in [-0.4, -0.2) is 177 Å². The first kappa shape index (κ1) is 112. The summed E-state index contributed by atoms with van der Waals surface area (Å²) in [5.74, 6) is -0.813. The van der Waals surface area contributed by atoms with Gasteiger partial charge < -0.3 is 46.7 Å². The van der Waals surface area contributed by atoms with Gasteiger partial charge in [-0.05, 0) is 373 Å². The lowest BCUT2D eigenvalue weighted by atomic mass is 9.86. The molecule has 17 rings (SSSR count). The highest BCUT2D eigenvalue weighted by atomic mass is 32.2. The molecule has 34 nitrogen and oxygen atoms in total. The molecule has 788 valence electrons. The monoisotopic (exact) mass is 2110 g/mol. The molecule has 1 atom stereocenters. The quantitative estimate of drug-likeness (QED) is 0.0192. The van der Waals surface area contributed by atoms with Gasteiger partial charge in [0.2, 0.25) is 85.6 Å². The van der Waals surface area contributed by atoms with Gasteiger partial charge in [0.15, 0.2) is 0 Å². The van der Waals surface area contributed by atoms with Crippen LogP contribution in [0.2, 0.25) is 0 Å². The molecule has 5 saturated carbocycles. The number of benzene rings is 7. The molecular weight excluding hydrogens is 1970 g/mol. The van der Waals surface area contributed by atoms with Gasteiger partial charge in [-0.25, -0.2) is 70.4 Å². The van der Waals surface area contributed by atoms with Crippen LogP contribution in [-0.2, 0) is 85.3 Å². The number of fused-ring (bicyclic) bond motifs is 2. The van der Waals surface area contributed by atoms with E-state index in [0.717, 1.165) is 94.6 Å². The second-order valence-corrected chi connectivity index (χ2v) is 52.2. The standard InChI is InChI=1S/C24H31N3O3S.C24H29N3O3S.C21H32N4O4S.C19H26N4O3S.C18H24N4O3S2/c2*1-17(2)31(29,30)26-21-9-7-19(8-10-21)24(28)25-20-11-13-22(14-12-20)27-16-15-18-5-3-4-6-23(18)27;1-14(2)30(28,29)24-17-7-5-15(6-8-17)21(27)23-16-9-11-18(12-10-16)25-13-3-4-19(25)20(22)26;1-14(2)27(25,26)22-17-6-4-15(5-7-17)19(24)21-16-8-10-18(11-9-16)23-13-3-12-20-23;1-12(2)27(24,25)21-16-9-5-14(6-10-16)18(23)19-15-7-3-13(4-8-15)17-11-26-22-20-17/h3-6,11-14,17,19,21,26H,7-10,15-16H2,1-2H3,(H,25,28);3-6,11-17,19,21,26H,7-10H2,1-2H3,(H,25,28);9-12,14-15,17,19,24H,3-8,13H2,1-2H3,(H2,22,26)(H,23,27);3,8-15,17,22H,4-7H2,1-2H3,(H,21,24);3-4,7-8,11-12,14,16,21H,5-6,9-10H2,1-2H3,(H,19,23)/t;;15?,17?,19-;;/m..0../s1. The molecule has 6 fully saturated rings. The normalized spacial score (nSPS) is 21.3. The Hall–Kier alpha value is -11.2. The van der Waals surface area contributed by atoms with E-state index in [0.29, 0.717) is 134 Å². The fourth-order valence-electron chi connectivity index (χ4n) is 19.0. The molecular formula is C106H142N18O16S6. The molecule has 0 spiro atoms. The third-order valence-electron chi connectivity index (χ3n) is 28.4. The number of nitrogens with zero attached hydrogens (tertiary/aromatic N) is 7. The van der Waals surface area contributed by atoms with Gasteiger partial charge in [0, 0.05) is 154 Å². The number of rotatable bonds is 31. The Morgan fingerprint density at radius 3 is 1.03 bits per heavy atom. The Kier molecular flexibility index (Phi) is 39.2. The maximum atomic E-state index is 12.7. The van der Waals surface area contributed by atoms with Crippen molar-refractivity contribution in [1.82, 2.24) is 47.5 Å². The number of amides is 6. The number of primary amides is 1. The lowest BCUT2D eigenvalue weighted by Gasteiger charge is -2.29. The second-order valence-electron chi connectivity index (χ2n) is 40.3. The van der Waals surface area contributed by atoms with Gasteiger partial charge in [0.25, 0.3) is 0 Å². The third-order valence-corrected chi connectivity index (χ3v) is 38.4. The number of hydrogen-bond acceptors (Lipinski definition) is 22. The number of carbonyl (C=O) groups is 6. The van der Waals surface area contributed by atoms with E-state index < -0.39 is 76.4 Å². The van der Waals surface area contributed by atoms with E-state index >= 15 is 0 Å². The van der Waals surface area contributed by atoms with E-state index in [-0.39, 0.29) is 101 Å². The van der Waals surface area contributed by atoms with E-state index in [4.69, 9.17) is 5.73 Å². The molecule has 5 heterocycles. The van der Waals surface area contributed by atoms with Gasteiger partial charge >= 0.3 is 0 Å². The molecule has 7 aromatic carbocycles. The van der Waals surface area contributed by atoms with E-state index in [1.54, 1.807) is 80.1 Å². The van der Waals surface area contributed by atoms with E-state index in [1.807, 2.05) is 150 Å². The summed E-state index contributed by atoms with van der Waals surface area (Å²) in [6.45, 7) is 18.4. The maximum absolute atomic E-state index is 12.7. The van der Waals surface area contributed by atoms with Crippen LogP contribution in [0.15, 0.2) is 206 Å². The van der Waals surface area contributed by atoms with Crippen LogP contribution >= 0.6 is 11.5 Å². The number of hydrogen-bond donors (Lipinski definition) is 11. The number of para-hydroxylation sites is 2. The first-order valence-corrected chi connectivity index (χ1v) is 59.5. The highest BCUT2D eigenvalue weighted by Crippen LogP contribution is 2.38. The van der Waals surface area contributed by atoms with Crippen LogP contribution in [0.1, 0.15) is 216 Å². The summed E-state index contributed by atoms with van der Waals surface area (Å²) in [6, 6.07) is 58.3. The van der Waals surface area contributed by atoms with E-state index in [9.17, 15) is 70.9 Å². The molecule has 12 N–H and O–H groups in total. The summed E-state index contributed by atoms with van der Waals surface area (Å²) in [4.78, 5) is 79.0. The van der Waals surface area contributed by atoms with Crippen molar-refractivity contribution in [3.05, 3.63) is 212 Å². The van der Waals surface area contributed by atoms with Crippen LogP contribution in [0.25, 0.3) is 33.5 Å². The number of anilines is 8. The molecule has 6 amide bonds. The smallest absolute Gasteiger partial charge is 0.240 e. The molecule has 10 aromatic rings. The summed E-state index contributed by atoms with van der Waals surface area (Å²) < 4.78 is 142. The molecule has 40 heteroatoms. The Balaban J connectivity index is 0.000000153. The molecule has 146 heavy (non-hydrogen) atoms. The van der Waals surface area contributed by atoms with Crippen molar-refractivity contribution in [2.24, 2.45) is 35.3 Å². The molecule has 1 saturated heterocycles. The molecule has 0 unspecified atom stereocenters. The average molecular weight is 2120 g/mol. The number of nitrogens with two attached hydrogens (primary N) is 1. The van der Waals surface area contributed by atoms with Gasteiger partial charge in [-0.15, -0.1) is 5.10 Å². The Bertz CT molecular complexity index is 6450. The predicted molar refractivity (Wildman–Crippen MR) is 580 cm³/mol. The fraction of sp³-hybridized carbons (Fsp3) is 0.481. The average Bonchev–Trinajstić information content (AvgIpc) is 1.64. The minimum Gasteiger partial charge on any atom is -0.368 e. The van der Waals surface area contributed by atoms with Gasteiger partial charge in [0.05, 0.1) is 37.5 Å². The SMILES string of the molecule is CC(C)S(=O)(=O)NC1CCC(C(=O)Nc2ccc(-c3csnn3)cc2)CC1.CC(C)S(=O)(=O)NC1CCC(C(=O)Nc2ccc(-n3ccc4ccccc43)cc2)CC1.CC(C)S(=O)(=O)NC1CCC(C(=O)Nc2ccc(-n3cccn3)cc2)CC1.CC(C)S(=O)(=O)NC1CCC(C(=O)Nc2ccc(N3CCC[C@H]3C(N)=O)cc2)CC1.CC(C)S(=O)(=O)NC1CCC(C(=O)Nc2ccc(N3CCc4ccccc43)cc2)CC1. The summed E-state index contributed by atoms with van der Waals surface area (Å²) in [5.41, 5.74) is 18.8. The highest BCUT2D eigenvalue weighted by Gasteiger charge is 2.38. The van der Waals surface area contributed by atoms with Gasteiger partial charge in [-0.3, -0.25) is 28.8 Å². The maximum Gasteiger partial charge on any atom is 0.240 e. The van der Waals surface area contributed by atoms with Gasteiger partial charge in [-0.1, -0.05) is 53.0 Å². The van der Waals surface area contributed by atoms with Gasteiger partial charge in [0.1, 0.15) is 11.7 Å². The van der Waals surface area contributed by atoms with E-state index in [1.165, 1.54) is 28.2 Å².